The number of aliphatic hydroxyl groups excluding tert-OH is 1. The Labute approximate surface area is 117 Å². The van der Waals surface area contributed by atoms with Crippen molar-refractivity contribution in [3.8, 4) is 0 Å². The highest BCUT2D eigenvalue weighted by Crippen LogP contribution is 2.26. The lowest BCUT2D eigenvalue weighted by Crippen LogP contribution is -2.33. The van der Waals surface area contributed by atoms with Gasteiger partial charge in [0.05, 0.1) is 6.61 Å². The van der Waals surface area contributed by atoms with Gasteiger partial charge in [-0.1, -0.05) is 0 Å². The molecule has 108 valence electrons. The SMILES string of the molecule is CN(CC1CCOCC1)S(=O)(=O)c1ccc(CO)s1. The molecule has 0 spiro atoms. The van der Waals surface area contributed by atoms with E-state index in [4.69, 9.17) is 9.84 Å². The van der Waals surface area contributed by atoms with Gasteiger partial charge in [0.25, 0.3) is 10.0 Å². The van der Waals surface area contributed by atoms with Gasteiger partial charge in [0.1, 0.15) is 4.21 Å². The fourth-order valence-electron chi connectivity index (χ4n) is 2.13. The molecule has 0 atom stereocenters. The minimum Gasteiger partial charge on any atom is -0.391 e. The zero-order valence-electron chi connectivity index (χ0n) is 10.9. The van der Waals surface area contributed by atoms with Crippen molar-refractivity contribution in [2.24, 2.45) is 5.92 Å². The van der Waals surface area contributed by atoms with Gasteiger partial charge < -0.3 is 9.84 Å². The molecular weight excluding hydrogens is 286 g/mol. The van der Waals surface area contributed by atoms with Crippen molar-refractivity contribution in [2.45, 2.75) is 23.7 Å². The number of thiophene rings is 1. The molecular formula is C12H19NO4S2. The molecule has 0 aromatic carbocycles. The normalized spacial score (nSPS) is 18.1. The van der Waals surface area contributed by atoms with Gasteiger partial charge >= 0.3 is 0 Å². The highest BCUT2D eigenvalue weighted by molar-refractivity contribution is 7.91. The molecule has 19 heavy (non-hydrogen) atoms. The summed E-state index contributed by atoms with van der Waals surface area (Å²) >= 11 is 1.13. The van der Waals surface area contributed by atoms with Gasteiger partial charge in [0.2, 0.25) is 0 Å². The van der Waals surface area contributed by atoms with E-state index in [1.807, 2.05) is 0 Å². The Morgan fingerprint density at radius 1 is 1.42 bits per heavy atom. The summed E-state index contributed by atoms with van der Waals surface area (Å²) in [6, 6.07) is 3.21. The largest absolute Gasteiger partial charge is 0.391 e. The Morgan fingerprint density at radius 3 is 2.68 bits per heavy atom. The fourth-order valence-corrected chi connectivity index (χ4v) is 4.80. The van der Waals surface area contributed by atoms with Gasteiger partial charge in [-0.05, 0) is 30.9 Å². The van der Waals surface area contributed by atoms with Crippen LogP contribution in [0.2, 0.25) is 0 Å². The van der Waals surface area contributed by atoms with E-state index in [2.05, 4.69) is 0 Å². The third-order valence-corrected chi connectivity index (χ3v) is 6.67. The van der Waals surface area contributed by atoms with Crippen LogP contribution >= 0.6 is 11.3 Å². The number of ether oxygens (including phenoxy) is 1. The van der Waals surface area contributed by atoms with Crippen LogP contribution in [0.15, 0.2) is 16.3 Å². The van der Waals surface area contributed by atoms with E-state index < -0.39 is 10.0 Å². The summed E-state index contributed by atoms with van der Waals surface area (Å²) in [4.78, 5) is 0.665. The molecule has 1 aromatic heterocycles. The smallest absolute Gasteiger partial charge is 0.252 e. The zero-order chi connectivity index (χ0) is 13.9. The Balaban J connectivity index is 2.05. The van der Waals surface area contributed by atoms with Crippen molar-refractivity contribution in [1.82, 2.24) is 4.31 Å². The highest BCUT2D eigenvalue weighted by Gasteiger charge is 2.26. The topological polar surface area (TPSA) is 66.8 Å². The highest BCUT2D eigenvalue weighted by atomic mass is 32.2. The number of sulfonamides is 1. The van der Waals surface area contributed by atoms with Crippen LogP contribution in [-0.2, 0) is 21.4 Å². The molecule has 1 aromatic rings. The first-order valence-corrected chi connectivity index (χ1v) is 8.53. The van der Waals surface area contributed by atoms with Crippen molar-refractivity contribution >= 4 is 21.4 Å². The lowest BCUT2D eigenvalue weighted by molar-refractivity contribution is 0.0620. The Hall–Kier alpha value is -0.470. The summed E-state index contributed by atoms with van der Waals surface area (Å²) in [5, 5.41) is 9.00. The molecule has 1 N–H and O–H groups in total. The van der Waals surface area contributed by atoms with Gasteiger partial charge in [-0.25, -0.2) is 8.42 Å². The Bertz CT molecular complexity index is 506. The molecule has 2 heterocycles. The summed E-state index contributed by atoms with van der Waals surface area (Å²) in [6.45, 7) is 1.83. The molecule has 0 amide bonds. The third-order valence-electron chi connectivity index (χ3n) is 3.31. The summed E-state index contributed by atoms with van der Waals surface area (Å²) in [5.41, 5.74) is 0. The van der Waals surface area contributed by atoms with E-state index in [9.17, 15) is 8.42 Å². The number of hydrogen-bond donors (Lipinski definition) is 1. The fraction of sp³-hybridized carbons (Fsp3) is 0.667. The van der Waals surface area contributed by atoms with Crippen LogP contribution < -0.4 is 0 Å². The van der Waals surface area contributed by atoms with Gasteiger partial charge in [0, 0.05) is 31.7 Å². The number of aliphatic hydroxyl groups is 1. The molecule has 0 radical (unpaired) electrons. The maximum Gasteiger partial charge on any atom is 0.252 e. The molecule has 5 nitrogen and oxygen atoms in total. The van der Waals surface area contributed by atoms with Crippen molar-refractivity contribution in [2.75, 3.05) is 26.8 Å². The van der Waals surface area contributed by atoms with Crippen molar-refractivity contribution in [3.05, 3.63) is 17.0 Å². The molecule has 0 unspecified atom stereocenters. The van der Waals surface area contributed by atoms with Crippen molar-refractivity contribution in [3.63, 3.8) is 0 Å². The summed E-state index contributed by atoms with van der Waals surface area (Å²) in [7, 11) is -1.81. The van der Waals surface area contributed by atoms with Crippen LogP contribution in [0.3, 0.4) is 0 Å². The summed E-state index contributed by atoms with van der Waals surface area (Å²) in [6.07, 6.45) is 1.82. The molecule has 0 saturated carbocycles. The average molecular weight is 305 g/mol. The van der Waals surface area contributed by atoms with Gasteiger partial charge in [-0.2, -0.15) is 4.31 Å². The molecule has 2 rings (SSSR count). The minimum atomic E-state index is -3.43. The van der Waals surface area contributed by atoms with E-state index in [1.54, 1.807) is 19.2 Å². The molecule has 0 bridgehead atoms. The first-order chi connectivity index (χ1) is 9.04. The van der Waals surface area contributed by atoms with Crippen LogP contribution in [0, 0.1) is 5.92 Å². The Morgan fingerprint density at radius 2 is 2.11 bits per heavy atom. The molecule has 1 fully saturated rings. The van der Waals surface area contributed by atoms with Crippen molar-refractivity contribution in [1.29, 1.82) is 0 Å². The lowest BCUT2D eigenvalue weighted by atomic mass is 10.0. The standard InChI is InChI=1S/C12H19NO4S2/c1-13(8-10-4-6-17-7-5-10)19(15,16)12-3-2-11(9-14)18-12/h2-3,10,14H,4-9H2,1H3. The first kappa shape index (κ1) is 14.9. The monoisotopic (exact) mass is 305 g/mol. The number of hydrogen-bond acceptors (Lipinski definition) is 5. The van der Waals surface area contributed by atoms with Gasteiger partial charge in [-0.15, -0.1) is 11.3 Å². The first-order valence-electron chi connectivity index (χ1n) is 6.27. The number of nitrogens with zero attached hydrogens (tertiary/aromatic N) is 1. The molecule has 0 aliphatic carbocycles. The second-order valence-corrected chi connectivity index (χ2v) is 8.16. The maximum atomic E-state index is 12.4. The van der Waals surface area contributed by atoms with E-state index >= 15 is 0 Å². The second kappa shape index (κ2) is 6.32. The zero-order valence-corrected chi connectivity index (χ0v) is 12.5. The number of rotatable bonds is 5. The van der Waals surface area contributed by atoms with Gasteiger partial charge in [-0.3, -0.25) is 0 Å². The average Bonchev–Trinajstić information content (AvgIpc) is 2.89. The van der Waals surface area contributed by atoms with Gasteiger partial charge in [0.15, 0.2) is 0 Å². The molecule has 1 aliphatic rings. The summed E-state index contributed by atoms with van der Waals surface area (Å²) in [5.74, 6) is 0.366. The molecule has 1 saturated heterocycles. The van der Waals surface area contributed by atoms with Crippen LogP contribution in [-0.4, -0.2) is 44.6 Å². The predicted octanol–water partition coefficient (Wildman–Crippen LogP) is 1.29. The van der Waals surface area contributed by atoms with Crippen LogP contribution in [0.25, 0.3) is 0 Å². The molecule has 1 aliphatic heterocycles. The lowest BCUT2D eigenvalue weighted by Gasteiger charge is -2.26. The summed E-state index contributed by atoms with van der Waals surface area (Å²) < 4.78 is 31.7. The second-order valence-electron chi connectivity index (χ2n) is 4.72. The van der Waals surface area contributed by atoms with Crippen LogP contribution in [0.5, 0.6) is 0 Å². The quantitative estimate of drug-likeness (QED) is 0.890. The Kier molecular flexibility index (Phi) is 4.97. The van der Waals surface area contributed by atoms with E-state index in [0.717, 1.165) is 24.2 Å². The maximum absolute atomic E-state index is 12.4. The van der Waals surface area contributed by atoms with E-state index in [1.165, 1.54) is 4.31 Å². The minimum absolute atomic E-state index is 0.121. The van der Waals surface area contributed by atoms with Crippen LogP contribution in [0.1, 0.15) is 17.7 Å². The third kappa shape index (κ3) is 3.55. The van der Waals surface area contributed by atoms with E-state index in [-0.39, 0.29) is 6.61 Å². The van der Waals surface area contributed by atoms with Crippen molar-refractivity contribution < 1.29 is 18.3 Å². The van der Waals surface area contributed by atoms with Crippen LogP contribution in [0.4, 0.5) is 0 Å². The molecule has 7 heteroatoms. The predicted molar refractivity (Wildman–Crippen MR) is 73.6 cm³/mol. The van der Waals surface area contributed by atoms with E-state index in [0.29, 0.717) is 34.8 Å².